The summed E-state index contributed by atoms with van der Waals surface area (Å²) < 4.78 is 5.50. The second kappa shape index (κ2) is 4.17. The summed E-state index contributed by atoms with van der Waals surface area (Å²) in [5.41, 5.74) is 3.12. The first-order valence-electron chi connectivity index (χ1n) is 5.41. The number of hydrogen-bond donors (Lipinski definition) is 0. The second-order valence-corrected chi connectivity index (χ2v) is 5.58. The minimum Gasteiger partial charge on any atom is -0.493 e. The second-order valence-electron chi connectivity index (χ2n) is 5.02. The molecule has 0 aromatic heterocycles. The van der Waals surface area contributed by atoms with E-state index in [4.69, 9.17) is 4.74 Å². The van der Waals surface area contributed by atoms with Crippen molar-refractivity contribution in [3.8, 4) is 5.75 Å². The quantitative estimate of drug-likeness (QED) is 0.762. The van der Waals surface area contributed by atoms with Gasteiger partial charge in [-0.25, -0.2) is 0 Å². The fourth-order valence-electron chi connectivity index (χ4n) is 1.95. The Morgan fingerprint density at radius 3 is 2.93 bits per heavy atom. The molecule has 1 aliphatic rings. The predicted octanol–water partition coefficient (Wildman–Crippen LogP) is 3.59. The van der Waals surface area contributed by atoms with Crippen LogP contribution in [0.1, 0.15) is 25.0 Å². The molecule has 0 aliphatic carbocycles. The molecule has 0 bridgehead atoms. The molecule has 0 radical (unpaired) electrons. The number of hydrogen-bond acceptors (Lipinski definition) is 1. The molecule has 1 nitrogen and oxygen atoms in total. The van der Waals surface area contributed by atoms with E-state index in [1.807, 2.05) is 0 Å². The number of rotatable bonds is 3. The summed E-state index contributed by atoms with van der Waals surface area (Å²) >= 11 is 3.57. The van der Waals surface area contributed by atoms with Crippen LogP contribution in [0.25, 0.3) is 0 Å². The number of halogens is 1. The molecule has 1 aromatic carbocycles. The van der Waals surface area contributed by atoms with Crippen molar-refractivity contribution in [3.63, 3.8) is 0 Å². The normalized spacial score (nSPS) is 14.9. The van der Waals surface area contributed by atoms with E-state index < -0.39 is 0 Å². The lowest BCUT2D eigenvalue weighted by atomic mass is 9.87. The Morgan fingerprint density at radius 2 is 2.20 bits per heavy atom. The third kappa shape index (κ3) is 2.54. The molecule has 0 saturated heterocycles. The van der Waals surface area contributed by atoms with Gasteiger partial charge in [0.1, 0.15) is 5.75 Å². The molecule has 0 atom stereocenters. The molecule has 0 spiro atoms. The highest BCUT2D eigenvalue weighted by molar-refractivity contribution is 9.09. The number of ether oxygens (including phenoxy) is 1. The van der Waals surface area contributed by atoms with Crippen LogP contribution in [0.4, 0.5) is 0 Å². The van der Waals surface area contributed by atoms with Crippen molar-refractivity contribution in [1.82, 2.24) is 0 Å². The molecule has 1 heterocycles. The van der Waals surface area contributed by atoms with E-state index in [0.29, 0.717) is 5.41 Å². The SMILES string of the molecule is CC(C)(CBr)Cc1ccc2c(c1)CCO2. The van der Waals surface area contributed by atoms with Gasteiger partial charge in [-0.3, -0.25) is 0 Å². The predicted molar refractivity (Wildman–Crippen MR) is 66.9 cm³/mol. The molecule has 82 valence electrons. The van der Waals surface area contributed by atoms with Crippen molar-refractivity contribution in [2.75, 3.05) is 11.9 Å². The summed E-state index contributed by atoms with van der Waals surface area (Å²) in [6, 6.07) is 6.60. The van der Waals surface area contributed by atoms with Gasteiger partial charge >= 0.3 is 0 Å². The summed E-state index contributed by atoms with van der Waals surface area (Å²) in [4.78, 5) is 0. The molecule has 0 saturated carbocycles. The van der Waals surface area contributed by atoms with Crippen LogP contribution in [-0.2, 0) is 12.8 Å². The van der Waals surface area contributed by atoms with E-state index in [2.05, 4.69) is 48.0 Å². The van der Waals surface area contributed by atoms with Crippen molar-refractivity contribution in [1.29, 1.82) is 0 Å². The zero-order valence-electron chi connectivity index (χ0n) is 9.35. The van der Waals surface area contributed by atoms with Gasteiger partial charge in [0.2, 0.25) is 0 Å². The van der Waals surface area contributed by atoms with Gasteiger partial charge in [0.25, 0.3) is 0 Å². The van der Waals surface area contributed by atoms with Crippen molar-refractivity contribution >= 4 is 15.9 Å². The average Bonchev–Trinajstić information content (AvgIpc) is 2.64. The molecule has 15 heavy (non-hydrogen) atoms. The van der Waals surface area contributed by atoms with Crippen LogP contribution in [-0.4, -0.2) is 11.9 Å². The minimum absolute atomic E-state index is 0.327. The Morgan fingerprint density at radius 1 is 1.40 bits per heavy atom. The van der Waals surface area contributed by atoms with Crippen LogP contribution in [0.2, 0.25) is 0 Å². The monoisotopic (exact) mass is 268 g/mol. The Bertz CT molecular complexity index is 358. The topological polar surface area (TPSA) is 9.23 Å². The lowest BCUT2D eigenvalue weighted by Gasteiger charge is -2.21. The Labute approximate surface area is 100.0 Å². The first-order chi connectivity index (χ1) is 7.11. The standard InChI is InChI=1S/C13H17BrO/c1-13(2,9-14)8-10-3-4-12-11(7-10)5-6-15-12/h3-4,7H,5-6,8-9H2,1-2H3. The summed E-state index contributed by atoms with van der Waals surface area (Å²) in [6.45, 7) is 5.41. The first-order valence-corrected chi connectivity index (χ1v) is 6.53. The molecule has 1 aliphatic heterocycles. The molecule has 1 aromatic rings. The fraction of sp³-hybridized carbons (Fsp3) is 0.538. The summed E-state index contributed by atoms with van der Waals surface area (Å²) in [6.07, 6.45) is 2.18. The summed E-state index contributed by atoms with van der Waals surface area (Å²) in [5.74, 6) is 1.08. The van der Waals surface area contributed by atoms with Gasteiger partial charge in [0.05, 0.1) is 6.61 Å². The van der Waals surface area contributed by atoms with E-state index in [9.17, 15) is 0 Å². The molecular formula is C13H17BrO. The van der Waals surface area contributed by atoms with Gasteiger partial charge in [-0.15, -0.1) is 0 Å². The summed E-state index contributed by atoms with van der Waals surface area (Å²) in [5, 5.41) is 1.04. The molecular weight excluding hydrogens is 252 g/mol. The highest BCUT2D eigenvalue weighted by atomic mass is 79.9. The van der Waals surface area contributed by atoms with Crippen molar-refractivity contribution in [2.45, 2.75) is 26.7 Å². The fourth-order valence-corrected chi connectivity index (χ4v) is 2.15. The van der Waals surface area contributed by atoms with E-state index in [1.165, 1.54) is 11.1 Å². The van der Waals surface area contributed by atoms with Crippen LogP contribution >= 0.6 is 15.9 Å². The highest BCUT2D eigenvalue weighted by Gasteiger charge is 2.18. The first kappa shape index (κ1) is 11.0. The zero-order valence-corrected chi connectivity index (χ0v) is 10.9. The lowest BCUT2D eigenvalue weighted by molar-refractivity contribution is 0.356. The maximum atomic E-state index is 5.50. The smallest absolute Gasteiger partial charge is 0.122 e. The van der Waals surface area contributed by atoms with E-state index >= 15 is 0 Å². The zero-order chi connectivity index (χ0) is 10.9. The minimum atomic E-state index is 0.327. The Kier molecular flexibility index (Phi) is 3.06. The van der Waals surface area contributed by atoms with E-state index in [1.54, 1.807) is 0 Å². The number of fused-ring (bicyclic) bond motifs is 1. The van der Waals surface area contributed by atoms with Crippen LogP contribution in [0, 0.1) is 5.41 Å². The molecule has 0 N–H and O–H groups in total. The van der Waals surface area contributed by atoms with Crippen LogP contribution in [0.5, 0.6) is 5.75 Å². The maximum absolute atomic E-state index is 5.50. The van der Waals surface area contributed by atoms with Crippen molar-refractivity contribution < 1.29 is 4.74 Å². The van der Waals surface area contributed by atoms with Crippen molar-refractivity contribution in [3.05, 3.63) is 29.3 Å². The van der Waals surface area contributed by atoms with Gasteiger partial charge < -0.3 is 4.74 Å². The molecule has 2 heteroatoms. The van der Waals surface area contributed by atoms with Crippen LogP contribution < -0.4 is 4.74 Å². The van der Waals surface area contributed by atoms with E-state index in [-0.39, 0.29) is 0 Å². The van der Waals surface area contributed by atoms with Gasteiger partial charge in [-0.2, -0.15) is 0 Å². The van der Waals surface area contributed by atoms with Gasteiger partial charge in [0, 0.05) is 11.8 Å². The molecule has 2 rings (SSSR count). The van der Waals surface area contributed by atoms with Crippen LogP contribution in [0.15, 0.2) is 18.2 Å². The Balaban J connectivity index is 2.17. The maximum Gasteiger partial charge on any atom is 0.122 e. The number of benzene rings is 1. The van der Waals surface area contributed by atoms with Crippen LogP contribution in [0.3, 0.4) is 0 Å². The highest BCUT2D eigenvalue weighted by Crippen LogP contribution is 2.29. The van der Waals surface area contributed by atoms with Crippen molar-refractivity contribution in [2.24, 2.45) is 5.41 Å². The lowest BCUT2D eigenvalue weighted by Crippen LogP contribution is -2.16. The largest absolute Gasteiger partial charge is 0.493 e. The van der Waals surface area contributed by atoms with Gasteiger partial charge in [-0.1, -0.05) is 41.9 Å². The van der Waals surface area contributed by atoms with Gasteiger partial charge in [0.15, 0.2) is 0 Å². The molecule has 0 unspecified atom stereocenters. The Hall–Kier alpha value is -0.500. The third-order valence-electron chi connectivity index (χ3n) is 2.80. The third-order valence-corrected chi connectivity index (χ3v) is 4.32. The average molecular weight is 269 g/mol. The van der Waals surface area contributed by atoms with E-state index in [0.717, 1.165) is 30.5 Å². The molecule has 0 amide bonds. The van der Waals surface area contributed by atoms with Gasteiger partial charge in [-0.05, 0) is 29.0 Å². The summed E-state index contributed by atoms with van der Waals surface area (Å²) in [7, 11) is 0. The number of alkyl halides is 1. The molecule has 0 fully saturated rings.